The van der Waals surface area contributed by atoms with Crippen molar-refractivity contribution < 1.29 is 9.18 Å². The van der Waals surface area contributed by atoms with Crippen molar-refractivity contribution in [2.45, 2.75) is 13.1 Å². The molecular weight excluding hydrogens is 355 g/mol. The average Bonchev–Trinajstić information content (AvgIpc) is 2.73. The third kappa shape index (κ3) is 4.71. The average molecular weight is 374 g/mol. The van der Waals surface area contributed by atoms with Gasteiger partial charge in [-0.25, -0.2) is 9.37 Å². The summed E-state index contributed by atoms with van der Waals surface area (Å²) < 4.78 is 13.6. The van der Waals surface area contributed by atoms with Gasteiger partial charge in [-0.05, 0) is 47.5 Å². The zero-order valence-electron chi connectivity index (χ0n) is 15.4. The Balaban J connectivity index is 1.87. The number of nitrogens with one attached hydrogen (secondary N) is 1. The van der Waals surface area contributed by atoms with Gasteiger partial charge in [0.05, 0.1) is 23.5 Å². The van der Waals surface area contributed by atoms with Gasteiger partial charge in [0.1, 0.15) is 11.5 Å². The van der Waals surface area contributed by atoms with Crippen molar-refractivity contribution >= 4 is 11.6 Å². The summed E-state index contributed by atoms with van der Waals surface area (Å²) in [5, 5.41) is 11.9. The summed E-state index contributed by atoms with van der Waals surface area (Å²) in [4.78, 5) is 18.9. The molecule has 0 radical (unpaired) electrons. The predicted molar refractivity (Wildman–Crippen MR) is 105 cm³/mol. The summed E-state index contributed by atoms with van der Waals surface area (Å²) in [6.45, 7) is 0.558. The lowest BCUT2D eigenvalue weighted by atomic mass is 10.1. The molecule has 0 fully saturated rings. The molecule has 0 spiro atoms. The molecule has 0 aliphatic rings. The van der Waals surface area contributed by atoms with E-state index >= 15 is 0 Å². The van der Waals surface area contributed by atoms with Crippen LogP contribution in [-0.2, 0) is 13.1 Å². The first-order valence-corrected chi connectivity index (χ1v) is 8.75. The van der Waals surface area contributed by atoms with E-state index in [1.807, 2.05) is 12.1 Å². The number of carbonyl (C=O) groups excluding carboxylic acids is 1. The van der Waals surface area contributed by atoms with Gasteiger partial charge in [-0.2, -0.15) is 5.26 Å². The number of halogens is 1. The Morgan fingerprint density at radius 1 is 1.11 bits per heavy atom. The fraction of sp³-hybridized carbons (Fsp3) is 0.136. The molecule has 0 aliphatic carbocycles. The SMILES string of the molecule is CNc1ccc(C(=O)N(Cc2ccc(C#N)cc2)Cc2cccc(F)c2)nc1. The zero-order valence-corrected chi connectivity index (χ0v) is 15.4. The molecule has 2 aromatic carbocycles. The Bertz CT molecular complexity index is 994. The maximum absolute atomic E-state index is 13.6. The Morgan fingerprint density at radius 2 is 1.86 bits per heavy atom. The molecule has 0 aliphatic heterocycles. The van der Waals surface area contributed by atoms with E-state index in [9.17, 15) is 9.18 Å². The molecule has 3 aromatic rings. The second-order valence-corrected chi connectivity index (χ2v) is 6.28. The minimum Gasteiger partial charge on any atom is -0.387 e. The van der Waals surface area contributed by atoms with Gasteiger partial charge in [0.2, 0.25) is 0 Å². The minimum absolute atomic E-state index is 0.242. The van der Waals surface area contributed by atoms with E-state index in [0.717, 1.165) is 11.3 Å². The number of hydrogen-bond acceptors (Lipinski definition) is 4. The number of carbonyl (C=O) groups is 1. The van der Waals surface area contributed by atoms with Crippen LogP contribution >= 0.6 is 0 Å². The smallest absolute Gasteiger partial charge is 0.273 e. The summed E-state index contributed by atoms with van der Waals surface area (Å²) in [5.41, 5.74) is 3.23. The number of nitriles is 1. The molecule has 0 unspecified atom stereocenters. The topological polar surface area (TPSA) is 69.0 Å². The standard InChI is InChI=1S/C22H19FN4O/c1-25-20-9-10-21(26-13-20)22(28)27(15-18-3-2-4-19(23)11-18)14-17-7-5-16(12-24)6-8-17/h2-11,13,25H,14-15H2,1H3. The molecule has 1 N–H and O–H groups in total. The number of anilines is 1. The number of pyridine rings is 1. The van der Waals surface area contributed by atoms with E-state index in [-0.39, 0.29) is 18.3 Å². The second kappa shape index (κ2) is 8.78. The minimum atomic E-state index is -0.347. The molecule has 140 valence electrons. The Hall–Kier alpha value is -3.72. The van der Waals surface area contributed by atoms with Crippen molar-refractivity contribution in [2.75, 3.05) is 12.4 Å². The predicted octanol–water partition coefficient (Wildman–Crippen LogP) is 3.98. The third-order valence-corrected chi connectivity index (χ3v) is 4.28. The monoisotopic (exact) mass is 374 g/mol. The summed E-state index contributed by atoms with van der Waals surface area (Å²) >= 11 is 0. The molecule has 1 amide bonds. The van der Waals surface area contributed by atoms with E-state index in [1.54, 1.807) is 54.5 Å². The van der Waals surface area contributed by atoms with Crippen LogP contribution in [0.3, 0.4) is 0 Å². The molecule has 5 nitrogen and oxygen atoms in total. The van der Waals surface area contributed by atoms with Crippen LogP contribution in [0.4, 0.5) is 10.1 Å². The van der Waals surface area contributed by atoms with Crippen LogP contribution in [0.5, 0.6) is 0 Å². The van der Waals surface area contributed by atoms with E-state index < -0.39 is 0 Å². The quantitative estimate of drug-likeness (QED) is 0.709. The fourth-order valence-electron chi connectivity index (χ4n) is 2.79. The van der Waals surface area contributed by atoms with E-state index in [0.29, 0.717) is 23.4 Å². The van der Waals surface area contributed by atoms with E-state index in [4.69, 9.17) is 5.26 Å². The van der Waals surface area contributed by atoms with Crippen LogP contribution in [0.25, 0.3) is 0 Å². The van der Waals surface area contributed by atoms with Gasteiger partial charge in [0, 0.05) is 20.1 Å². The lowest BCUT2D eigenvalue weighted by molar-refractivity contribution is 0.0724. The maximum Gasteiger partial charge on any atom is 0.273 e. The molecule has 0 bridgehead atoms. The van der Waals surface area contributed by atoms with Gasteiger partial charge in [-0.15, -0.1) is 0 Å². The van der Waals surface area contributed by atoms with Crippen molar-refractivity contribution in [3.8, 4) is 6.07 Å². The number of rotatable bonds is 6. The lowest BCUT2D eigenvalue weighted by Gasteiger charge is -2.23. The second-order valence-electron chi connectivity index (χ2n) is 6.28. The van der Waals surface area contributed by atoms with Crippen LogP contribution in [0.1, 0.15) is 27.2 Å². The maximum atomic E-state index is 13.6. The summed E-state index contributed by atoms with van der Waals surface area (Å²) in [7, 11) is 1.78. The highest BCUT2D eigenvalue weighted by Crippen LogP contribution is 2.16. The first-order valence-electron chi connectivity index (χ1n) is 8.75. The van der Waals surface area contributed by atoms with Gasteiger partial charge in [-0.1, -0.05) is 24.3 Å². The van der Waals surface area contributed by atoms with Crippen molar-refractivity contribution in [1.29, 1.82) is 5.26 Å². The summed E-state index contributed by atoms with van der Waals surface area (Å²) in [5.74, 6) is -0.601. The highest BCUT2D eigenvalue weighted by atomic mass is 19.1. The summed E-state index contributed by atoms with van der Waals surface area (Å²) in [6.07, 6.45) is 1.59. The van der Waals surface area contributed by atoms with E-state index in [2.05, 4.69) is 16.4 Å². The number of benzene rings is 2. The fourth-order valence-corrected chi connectivity index (χ4v) is 2.79. The summed E-state index contributed by atoms with van der Waals surface area (Å²) in [6, 6.07) is 18.7. The molecule has 1 heterocycles. The molecule has 28 heavy (non-hydrogen) atoms. The molecule has 0 saturated carbocycles. The molecule has 0 saturated heterocycles. The Morgan fingerprint density at radius 3 is 2.46 bits per heavy atom. The Labute approximate surface area is 163 Å². The molecule has 1 aromatic heterocycles. The number of amides is 1. The Kier molecular flexibility index (Phi) is 5.97. The number of aromatic nitrogens is 1. The highest BCUT2D eigenvalue weighted by molar-refractivity contribution is 5.92. The van der Waals surface area contributed by atoms with Crippen molar-refractivity contribution in [3.05, 3.63) is 95.1 Å². The number of nitrogens with zero attached hydrogens (tertiary/aromatic N) is 3. The number of hydrogen-bond donors (Lipinski definition) is 1. The molecule has 0 atom stereocenters. The van der Waals surface area contributed by atoms with Crippen molar-refractivity contribution in [1.82, 2.24) is 9.88 Å². The largest absolute Gasteiger partial charge is 0.387 e. The van der Waals surface area contributed by atoms with Crippen LogP contribution in [0, 0.1) is 17.1 Å². The molecule has 3 rings (SSSR count). The normalized spacial score (nSPS) is 10.2. The van der Waals surface area contributed by atoms with Crippen molar-refractivity contribution in [3.63, 3.8) is 0 Å². The van der Waals surface area contributed by atoms with E-state index in [1.165, 1.54) is 12.1 Å². The lowest BCUT2D eigenvalue weighted by Crippen LogP contribution is -2.30. The van der Waals surface area contributed by atoms with Crippen LogP contribution in [0.15, 0.2) is 66.9 Å². The van der Waals surface area contributed by atoms with Gasteiger partial charge in [-0.3, -0.25) is 4.79 Å². The highest BCUT2D eigenvalue weighted by Gasteiger charge is 2.18. The molecule has 6 heteroatoms. The van der Waals surface area contributed by atoms with Gasteiger partial charge in [0.25, 0.3) is 5.91 Å². The van der Waals surface area contributed by atoms with Gasteiger partial charge < -0.3 is 10.2 Å². The van der Waals surface area contributed by atoms with Crippen molar-refractivity contribution in [2.24, 2.45) is 0 Å². The van der Waals surface area contributed by atoms with Crippen LogP contribution in [0.2, 0.25) is 0 Å². The van der Waals surface area contributed by atoms with Gasteiger partial charge in [0.15, 0.2) is 0 Å². The van der Waals surface area contributed by atoms with Crippen LogP contribution in [-0.4, -0.2) is 22.8 Å². The zero-order chi connectivity index (χ0) is 19.9. The first-order chi connectivity index (χ1) is 13.6. The van der Waals surface area contributed by atoms with Gasteiger partial charge >= 0.3 is 0 Å². The third-order valence-electron chi connectivity index (χ3n) is 4.28. The first kappa shape index (κ1) is 19.1. The van der Waals surface area contributed by atoms with Crippen LogP contribution < -0.4 is 5.32 Å². The molecular formula is C22H19FN4O.